The van der Waals surface area contributed by atoms with Crippen molar-refractivity contribution in [2.24, 2.45) is 5.92 Å². The fourth-order valence-electron chi connectivity index (χ4n) is 0.297. The van der Waals surface area contributed by atoms with Crippen molar-refractivity contribution < 1.29 is 9.53 Å². The van der Waals surface area contributed by atoms with E-state index in [4.69, 9.17) is 6.58 Å². The van der Waals surface area contributed by atoms with Crippen LogP contribution >= 0.6 is 0 Å². The van der Waals surface area contributed by atoms with Gasteiger partial charge in [0.25, 0.3) is 0 Å². The summed E-state index contributed by atoms with van der Waals surface area (Å²) in [7, 11) is 0. The summed E-state index contributed by atoms with van der Waals surface area (Å²) >= 11 is 0. The first-order valence-electron chi connectivity index (χ1n) is 2.88. The van der Waals surface area contributed by atoms with Crippen LogP contribution < -0.4 is 0 Å². The van der Waals surface area contributed by atoms with Crippen molar-refractivity contribution in [1.29, 1.82) is 0 Å². The summed E-state index contributed by atoms with van der Waals surface area (Å²) in [5.74, 6) is -0.0856. The molecule has 9 heavy (non-hydrogen) atoms. The number of carbonyl (C=O) groups excluding carboxylic acids is 1. The monoisotopic (exact) mass is 127 g/mol. The summed E-state index contributed by atoms with van der Waals surface area (Å²) in [6.07, 6.45) is 0.919. The van der Waals surface area contributed by atoms with E-state index in [0.29, 0.717) is 12.5 Å². The van der Waals surface area contributed by atoms with Crippen LogP contribution in [-0.2, 0) is 9.53 Å². The maximum atomic E-state index is 10.3. The Labute approximate surface area is 55.5 Å². The van der Waals surface area contributed by atoms with Gasteiger partial charge in [-0.25, -0.2) is 4.79 Å². The van der Waals surface area contributed by atoms with Gasteiger partial charge in [0.15, 0.2) is 0 Å². The SMILES string of the molecule is [CH]=CC(=O)OCC(C)C. The fraction of sp³-hybridized carbons (Fsp3) is 0.571. The summed E-state index contributed by atoms with van der Waals surface area (Å²) in [5.41, 5.74) is 0. The third kappa shape index (κ3) is 5.07. The van der Waals surface area contributed by atoms with Gasteiger partial charge in [0.1, 0.15) is 0 Å². The molecule has 2 heteroatoms. The molecule has 0 spiro atoms. The predicted molar refractivity (Wildman–Crippen MR) is 34.7 cm³/mol. The molecule has 51 valence electrons. The third-order valence-electron chi connectivity index (χ3n) is 0.695. The van der Waals surface area contributed by atoms with Crippen LogP contribution in [0.3, 0.4) is 0 Å². The minimum absolute atomic E-state index is 0.369. The molecule has 0 aromatic heterocycles. The Morgan fingerprint density at radius 2 is 2.33 bits per heavy atom. The molecule has 1 radical (unpaired) electrons. The Balaban J connectivity index is 3.27. The maximum Gasteiger partial charge on any atom is 0.330 e. The smallest absolute Gasteiger partial charge is 0.330 e. The minimum Gasteiger partial charge on any atom is -0.462 e. The topological polar surface area (TPSA) is 26.3 Å². The minimum atomic E-state index is -0.455. The van der Waals surface area contributed by atoms with Crippen LogP contribution in [0, 0.1) is 12.5 Å². The number of carbonyl (C=O) groups is 1. The first-order chi connectivity index (χ1) is 4.16. The lowest BCUT2D eigenvalue weighted by atomic mass is 10.2. The van der Waals surface area contributed by atoms with Crippen molar-refractivity contribution in [1.82, 2.24) is 0 Å². The third-order valence-corrected chi connectivity index (χ3v) is 0.695. The van der Waals surface area contributed by atoms with Crippen molar-refractivity contribution in [2.45, 2.75) is 13.8 Å². The van der Waals surface area contributed by atoms with Crippen molar-refractivity contribution in [3.8, 4) is 0 Å². The number of hydrogen-bond donors (Lipinski definition) is 0. The van der Waals surface area contributed by atoms with Gasteiger partial charge in [-0.2, -0.15) is 0 Å². The molecular formula is C7H11O2. The average Bonchev–Trinajstić information content (AvgIpc) is 1.83. The number of ether oxygens (including phenoxy) is 1. The Hall–Kier alpha value is -0.790. The summed E-state index contributed by atoms with van der Waals surface area (Å²) in [4.78, 5) is 10.3. The molecule has 0 aliphatic rings. The molecule has 0 unspecified atom stereocenters. The number of rotatable bonds is 3. The molecule has 0 amide bonds. The fourth-order valence-corrected chi connectivity index (χ4v) is 0.297. The molecule has 0 N–H and O–H groups in total. The molecule has 0 atom stereocenters. The lowest BCUT2D eigenvalue weighted by Crippen LogP contribution is -2.06. The van der Waals surface area contributed by atoms with Gasteiger partial charge in [-0.1, -0.05) is 20.4 Å². The summed E-state index contributed by atoms with van der Waals surface area (Å²) in [5, 5.41) is 0. The Morgan fingerprint density at radius 3 is 2.67 bits per heavy atom. The van der Waals surface area contributed by atoms with E-state index in [2.05, 4.69) is 4.74 Å². The van der Waals surface area contributed by atoms with E-state index in [0.717, 1.165) is 6.08 Å². The lowest BCUT2D eigenvalue weighted by Gasteiger charge is -2.02. The highest BCUT2D eigenvalue weighted by Crippen LogP contribution is 1.92. The van der Waals surface area contributed by atoms with Gasteiger partial charge >= 0.3 is 5.97 Å². The van der Waals surface area contributed by atoms with Gasteiger partial charge in [-0.3, -0.25) is 0 Å². The van der Waals surface area contributed by atoms with Crippen LogP contribution in [0.25, 0.3) is 0 Å². The second kappa shape index (κ2) is 4.13. The summed E-state index contributed by atoms with van der Waals surface area (Å²) in [6.45, 7) is 9.22. The van der Waals surface area contributed by atoms with E-state index in [1.807, 2.05) is 13.8 Å². The van der Waals surface area contributed by atoms with Crippen molar-refractivity contribution in [3.05, 3.63) is 12.7 Å². The van der Waals surface area contributed by atoms with Gasteiger partial charge in [0.2, 0.25) is 0 Å². The van der Waals surface area contributed by atoms with Crippen molar-refractivity contribution >= 4 is 5.97 Å². The lowest BCUT2D eigenvalue weighted by molar-refractivity contribution is -0.138. The second-order valence-electron chi connectivity index (χ2n) is 2.19. The van der Waals surface area contributed by atoms with Gasteiger partial charge in [0.05, 0.1) is 6.61 Å². The summed E-state index contributed by atoms with van der Waals surface area (Å²) < 4.78 is 4.63. The van der Waals surface area contributed by atoms with Crippen LogP contribution in [0.2, 0.25) is 0 Å². The molecule has 0 rings (SSSR count). The van der Waals surface area contributed by atoms with Crippen LogP contribution in [-0.4, -0.2) is 12.6 Å². The largest absolute Gasteiger partial charge is 0.462 e. The maximum absolute atomic E-state index is 10.3. The van der Waals surface area contributed by atoms with E-state index in [1.165, 1.54) is 0 Å². The molecule has 0 saturated carbocycles. The van der Waals surface area contributed by atoms with Gasteiger partial charge in [-0.15, -0.1) is 0 Å². The quantitative estimate of drug-likeness (QED) is 0.420. The molecule has 0 aliphatic carbocycles. The van der Waals surface area contributed by atoms with Gasteiger partial charge < -0.3 is 4.74 Å². The Kier molecular flexibility index (Phi) is 3.76. The van der Waals surface area contributed by atoms with Crippen LogP contribution in [0.4, 0.5) is 0 Å². The molecule has 0 fully saturated rings. The van der Waals surface area contributed by atoms with Crippen molar-refractivity contribution in [2.75, 3.05) is 6.61 Å². The van der Waals surface area contributed by atoms with E-state index < -0.39 is 5.97 Å². The highest BCUT2D eigenvalue weighted by Gasteiger charge is 1.96. The van der Waals surface area contributed by atoms with E-state index in [-0.39, 0.29) is 0 Å². The molecule has 0 bridgehead atoms. The van der Waals surface area contributed by atoms with Crippen molar-refractivity contribution in [3.63, 3.8) is 0 Å². The predicted octanol–water partition coefficient (Wildman–Crippen LogP) is 1.17. The second-order valence-corrected chi connectivity index (χ2v) is 2.19. The molecule has 0 aromatic carbocycles. The van der Waals surface area contributed by atoms with E-state index >= 15 is 0 Å². The zero-order valence-corrected chi connectivity index (χ0v) is 5.76. The highest BCUT2D eigenvalue weighted by molar-refractivity contribution is 5.80. The van der Waals surface area contributed by atoms with E-state index in [1.54, 1.807) is 0 Å². The average molecular weight is 127 g/mol. The van der Waals surface area contributed by atoms with Gasteiger partial charge in [-0.05, 0) is 5.92 Å². The summed E-state index contributed by atoms with van der Waals surface area (Å²) in [6, 6.07) is 0. The first-order valence-corrected chi connectivity index (χ1v) is 2.88. The standard InChI is InChI=1S/C7H11O2/c1-4-7(8)9-5-6(2)3/h1,4,6H,5H2,2-3H3. The van der Waals surface area contributed by atoms with Gasteiger partial charge in [0, 0.05) is 6.08 Å². The zero-order chi connectivity index (χ0) is 7.28. The Bertz CT molecular complexity index is 105. The first kappa shape index (κ1) is 8.21. The molecular weight excluding hydrogens is 116 g/mol. The molecule has 0 heterocycles. The zero-order valence-electron chi connectivity index (χ0n) is 5.76. The normalized spacial score (nSPS) is 9.22. The molecule has 2 nitrogen and oxygen atoms in total. The molecule has 0 aromatic rings. The number of hydrogen-bond acceptors (Lipinski definition) is 2. The number of esters is 1. The van der Waals surface area contributed by atoms with Crippen LogP contribution in [0.5, 0.6) is 0 Å². The Morgan fingerprint density at radius 1 is 1.78 bits per heavy atom. The van der Waals surface area contributed by atoms with E-state index in [9.17, 15) is 4.79 Å². The molecule has 0 aliphatic heterocycles. The van der Waals surface area contributed by atoms with Crippen LogP contribution in [0.1, 0.15) is 13.8 Å². The van der Waals surface area contributed by atoms with Crippen LogP contribution in [0.15, 0.2) is 6.08 Å². The highest BCUT2D eigenvalue weighted by atomic mass is 16.5. The molecule has 0 saturated heterocycles.